The Kier molecular flexibility index (Phi) is 14.4. The monoisotopic (exact) mass is 1180 g/mol. The summed E-state index contributed by atoms with van der Waals surface area (Å²) in [5.41, 5.74) is 19.7. The van der Waals surface area contributed by atoms with Gasteiger partial charge in [-0.1, -0.05) is 291 Å². The maximum atomic E-state index is 4.97. The van der Waals surface area contributed by atoms with E-state index in [0.717, 1.165) is 72.6 Å². The molecule has 4 heterocycles. The van der Waals surface area contributed by atoms with Gasteiger partial charge in [0.05, 0.1) is 22.1 Å². The summed E-state index contributed by atoms with van der Waals surface area (Å²) in [5.74, 6) is 3.92. The van der Waals surface area contributed by atoms with Gasteiger partial charge < -0.3 is 9.13 Å². The van der Waals surface area contributed by atoms with E-state index in [1.165, 1.54) is 49.2 Å². The molecule has 0 saturated heterocycles. The van der Waals surface area contributed by atoms with Crippen molar-refractivity contribution in [2.24, 2.45) is 0 Å². The van der Waals surface area contributed by atoms with Crippen LogP contribution in [0.15, 0.2) is 340 Å². The van der Waals surface area contributed by atoms with Gasteiger partial charge in [-0.15, -0.1) is 0 Å². The maximum Gasteiger partial charge on any atom is 0.164 e. The van der Waals surface area contributed by atoms with Gasteiger partial charge in [0, 0.05) is 66.3 Å². The molecular formula is C84H56N8. The molecule has 0 bridgehead atoms. The Balaban J connectivity index is 0.000000148. The fourth-order valence-electron chi connectivity index (χ4n) is 12.4. The number of hydrogen-bond acceptors (Lipinski definition) is 6. The first-order chi connectivity index (χ1) is 45.6. The maximum absolute atomic E-state index is 4.97. The van der Waals surface area contributed by atoms with E-state index in [-0.39, 0.29) is 0 Å². The van der Waals surface area contributed by atoms with Crippen molar-refractivity contribution in [1.82, 2.24) is 39.0 Å². The second-order valence-corrected chi connectivity index (χ2v) is 22.6. The summed E-state index contributed by atoms with van der Waals surface area (Å²) in [6, 6.07) is 118. The summed E-state index contributed by atoms with van der Waals surface area (Å²) < 4.78 is 4.68. The van der Waals surface area contributed by atoms with Gasteiger partial charge in [0.15, 0.2) is 34.9 Å². The van der Waals surface area contributed by atoms with Crippen molar-refractivity contribution in [3.05, 3.63) is 340 Å². The van der Waals surface area contributed by atoms with Crippen molar-refractivity contribution in [3.63, 3.8) is 0 Å². The molecule has 0 aliphatic heterocycles. The van der Waals surface area contributed by atoms with Gasteiger partial charge in [-0.2, -0.15) is 0 Å². The van der Waals surface area contributed by atoms with E-state index >= 15 is 0 Å². The summed E-state index contributed by atoms with van der Waals surface area (Å²) in [4.78, 5) is 29.4. The van der Waals surface area contributed by atoms with E-state index in [9.17, 15) is 0 Å². The second kappa shape index (κ2) is 24.2. The van der Waals surface area contributed by atoms with E-state index in [2.05, 4.69) is 252 Å². The largest absolute Gasteiger partial charge is 0.309 e. The summed E-state index contributed by atoms with van der Waals surface area (Å²) in [7, 11) is 0. The molecule has 8 nitrogen and oxygen atoms in total. The van der Waals surface area contributed by atoms with Crippen LogP contribution in [0.4, 0.5) is 0 Å². The van der Waals surface area contributed by atoms with Crippen LogP contribution in [0.3, 0.4) is 0 Å². The van der Waals surface area contributed by atoms with E-state index in [1.807, 2.05) is 97.1 Å². The third kappa shape index (κ3) is 10.7. The van der Waals surface area contributed by atoms with Crippen LogP contribution in [0, 0.1) is 0 Å². The fourth-order valence-corrected chi connectivity index (χ4v) is 12.4. The Bertz CT molecular complexity index is 5280. The number of nitrogens with zero attached hydrogens (tertiary/aromatic N) is 8. The Morgan fingerprint density at radius 3 is 0.543 bits per heavy atom. The molecule has 0 fully saturated rings. The number of fused-ring (bicyclic) bond motifs is 6. The van der Waals surface area contributed by atoms with E-state index < -0.39 is 0 Å². The molecule has 0 saturated carbocycles. The number of aromatic nitrogens is 8. The predicted octanol–water partition coefficient (Wildman–Crippen LogP) is 20.9. The quantitative estimate of drug-likeness (QED) is 0.128. The van der Waals surface area contributed by atoms with Gasteiger partial charge in [-0.25, -0.2) is 29.9 Å². The minimum atomic E-state index is 0.643. The number of hydrogen-bond donors (Lipinski definition) is 0. The predicted molar refractivity (Wildman–Crippen MR) is 377 cm³/mol. The smallest absolute Gasteiger partial charge is 0.164 e. The van der Waals surface area contributed by atoms with Crippen LogP contribution in [0.5, 0.6) is 0 Å². The zero-order valence-corrected chi connectivity index (χ0v) is 49.9. The van der Waals surface area contributed by atoms with Gasteiger partial charge in [0.1, 0.15) is 0 Å². The van der Waals surface area contributed by atoms with Crippen LogP contribution in [0.25, 0.3) is 157 Å². The average molecular weight is 1180 g/mol. The highest BCUT2D eigenvalue weighted by Gasteiger charge is 2.17. The van der Waals surface area contributed by atoms with Crippen LogP contribution in [0.2, 0.25) is 0 Å². The van der Waals surface area contributed by atoms with Crippen LogP contribution < -0.4 is 0 Å². The summed E-state index contributed by atoms with van der Waals surface area (Å²) >= 11 is 0. The molecule has 0 N–H and O–H groups in total. The van der Waals surface area contributed by atoms with Crippen molar-refractivity contribution in [2.75, 3.05) is 0 Å². The minimum Gasteiger partial charge on any atom is -0.309 e. The lowest BCUT2D eigenvalue weighted by Gasteiger charge is -2.11. The Hall–Kier alpha value is -12.5. The van der Waals surface area contributed by atoms with Crippen LogP contribution >= 0.6 is 0 Å². The Morgan fingerprint density at radius 2 is 0.304 bits per heavy atom. The first-order valence-corrected chi connectivity index (χ1v) is 30.8. The lowest BCUT2D eigenvalue weighted by atomic mass is 10.0. The zero-order valence-electron chi connectivity index (χ0n) is 49.9. The molecule has 17 aromatic rings. The SMILES string of the molecule is c1ccc(-c2ccc(-c3nc(-c4ccccc4)nc(-c4ccc(-c5ccc(-n6c7ccccc7c7ccccc76)cc5)cc4)n3)cc2)cc1.c1ccc(-c2nc(-c3ccccc3)nc(-c3ccc(-c4ccc(-n5c6ccccc6c6ccccc65)cc4)cc3)n2)cc1. The summed E-state index contributed by atoms with van der Waals surface area (Å²) in [5, 5.41) is 5.06. The molecular weight excluding hydrogens is 1120 g/mol. The average Bonchev–Trinajstić information content (AvgIpc) is 2.17. The molecule has 0 aliphatic carbocycles. The molecule has 432 valence electrons. The topological polar surface area (TPSA) is 87.2 Å². The molecule has 0 unspecified atom stereocenters. The normalized spacial score (nSPS) is 11.3. The highest BCUT2D eigenvalue weighted by molar-refractivity contribution is 6.10. The molecule has 0 atom stereocenters. The first kappa shape index (κ1) is 54.8. The van der Waals surface area contributed by atoms with E-state index in [4.69, 9.17) is 29.9 Å². The standard InChI is InChI=1S/C45H30N4.C39H26N4/c1-3-11-31(12-4-1)32-19-23-36(24-20-32)44-46-43(35-13-5-2-6-14-35)47-45(48-44)37-25-21-33(22-26-37)34-27-29-38(30-28-34)49-41-17-9-7-15-39(41)40-16-8-10-18-42(40)49;1-3-11-29(12-4-1)37-40-38(30-13-5-2-6-14-30)42-39(41-37)31-21-19-27(20-22-31)28-23-25-32(26-24-28)43-35-17-9-7-15-33(35)34-16-8-10-18-36(34)43/h1-30H;1-26H. The molecule has 0 spiro atoms. The van der Waals surface area contributed by atoms with Gasteiger partial charge in [-0.3, -0.25) is 0 Å². The fraction of sp³-hybridized carbons (Fsp3) is 0. The van der Waals surface area contributed by atoms with E-state index in [1.54, 1.807) is 0 Å². The van der Waals surface area contributed by atoms with Gasteiger partial charge in [0.2, 0.25) is 0 Å². The number of benzene rings is 13. The molecule has 8 heteroatoms. The summed E-state index contributed by atoms with van der Waals surface area (Å²) in [6.45, 7) is 0. The van der Waals surface area contributed by atoms with Crippen LogP contribution in [-0.2, 0) is 0 Å². The molecule has 0 aliphatic rings. The van der Waals surface area contributed by atoms with Gasteiger partial charge in [-0.05, 0) is 81.9 Å². The Morgan fingerprint density at radius 1 is 0.141 bits per heavy atom. The zero-order chi connectivity index (χ0) is 61.2. The van der Waals surface area contributed by atoms with Crippen molar-refractivity contribution >= 4 is 43.6 Å². The molecule has 4 aromatic heterocycles. The van der Waals surface area contributed by atoms with Crippen molar-refractivity contribution in [2.45, 2.75) is 0 Å². The molecule has 0 radical (unpaired) electrons. The molecule has 17 rings (SSSR count). The van der Waals surface area contributed by atoms with Crippen molar-refractivity contribution < 1.29 is 0 Å². The highest BCUT2D eigenvalue weighted by atomic mass is 15.0. The first-order valence-electron chi connectivity index (χ1n) is 30.8. The number of para-hydroxylation sites is 4. The third-order valence-electron chi connectivity index (χ3n) is 17.0. The third-order valence-corrected chi connectivity index (χ3v) is 17.0. The molecule has 13 aromatic carbocycles. The van der Waals surface area contributed by atoms with Crippen LogP contribution in [0.1, 0.15) is 0 Å². The lowest BCUT2D eigenvalue weighted by molar-refractivity contribution is 1.07. The second-order valence-electron chi connectivity index (χ2n) is 22.6. The van der Waals surface area contributed by atoms with Gasteiger partial charge in [0.25, 0.3) is 0 Å². The number of rotatable bonds is 11. The Labute approximate surface area is 532 Å². The van der Waals surface area contributed by atoms with Crippen LogP contribution in [-0.4, -0.2) is 39.0 Å². The molecule has 0 amide bonds. The lowest BCUT2D eigenvalue weighted by Crippen LogP contribution is -2.00. The van der Waals surface area contributed by atoms with E-state index in [0.29, 0.717) is 34.9 Å². The highest BCUT2D eigenvalue weighted by Crippen LogP contribution is 2.36. The minimum absolute atomic E-state index is 0.643. The van der Waals surface area contributed by atoms with Gasteiger partial charge >= 0.3 is 0 Å². The van der Waals surface area contributed by atoms with Crippen molar-refractivity contribution in [1.29, 1.82) is 0 Å². The molecule has 92 heavy (non-hydrogen) atoms. The summed E-state index contributed by atoms with van der Waals surface area (Å²) in [6.07, 6.45) is 0. The van der Waals surface area contributed by atoms with Crippen molar-refractivity contribution in [3.8, 4) is 113 Å².